The van der Waals surface area contributed by atoms with Gasteiger partial charge in [-0.2, -0.15) is 0 Å². The largest absolute Gasteiger partial charge is 0.468 e. The maximum absolute atomic E-state index is 6.82. The van der Waals surface area contributed by atoms with E-state index in [1.165, 1.54) is 44.2 Å². The van der Waals surface area contributed by atoms with E-state index in [-0.39, 0.29) is 5.41 Å². The first-order chi connectivity index (χ1) is 21.9. The van der Waals surface area contributed by atoms with Crippen molar-refractivity contribution >= 4 is 27.7 Å². The van der Waals surface area contributed by atoms with Crippen LogP contribution in [-0.2, 0) is 22.1 Å². The summed E-state index contributed by atoms with van der Waals surface area (Å²) in [5.41, 5.74) is 12.1. The molecule has 8 rings (SSSR count). The van der Waals surface area contributed by atoms with Gasteiger partial charge in [-0.1, -0.05) is 56.7 Å². The molecule has 0 amide bonds. The van der Waals surface area contributed by atoms with E-state index in [1.807, 2.05) is 18.5 Å². The second-order valence-corrected chi connectivity index (χ2v) is 14.7. The van der Waals surface area contributed by atoms with Crippen molar-refractivity contribution in [3.05, 3.63) is 124 Å². The Bertz CT molecular complexity index is 2270. The number of ether oxygens (including phenoxy) is 1. The van der Waals surface area contributed by atoms with E-state index in [2.05, 4.69) is 127 Å². The Labute approximate surface area is 271 Å². The first-order valence-electron chi connectivity index (χ1n) is 16.2. The molecule has 0 bridgehead atoms. The summed E-state index contributed by atoms with van der Waals surface area (Å²) in [6, 6.07) is 26.3. The number of nitrogens with zero attached hydrogens (tertiary/aromatic N) is 4. The summed E-state index contributed by atoms with van der Waals surface area (Å²) in [5.74, 6) is 1.51. The van der Waals surface area contributed by atoms with Gasteiger partial charge in [-0.3, -0.25) is 9.55 Å². The fraction of sp³-hybridized carbons (Fsp3) is 0.293. The highest BCUT2D eigenvalue weighted by Crippen LogP contribution is 2.54. The molecule has 4 heterocycles. The van der Waals surface area contributed by atoms with Crippen molar-refractivity contribution in [3.8, 4) is 17.1 Å². The fourth-order valence-electron chi connectivity index (χ4n) is 7.50. The van der Waals surface area contributed by atoms with Crippen molar-refractivity contribution in [2.24, 2.45) is 4.99 Å². The summed E-state index contributed by atoms with van der Waals surface area (Å²) < 4.78 is 9.09. The maximum atomic E-state index is 6.82. The molecule has 230 valence electrons. The van der Waals surface area contributed by atoms with Crippen LogP contribution in [0.5, 0.6) is 0 Å². The molecule has 5 nitrogen and oxygen atoms in total. The van der Waals surface area contributed by atoms with Crippen LogP contribution in [0.25, 0.3) is 38.9 Å². The van der Waals surface area contributed by atoms with Crippen molar-refractivity contribution in [1.29, 1.82) is 0 Å². The molecule has 0 unspecified atom stereocenters. The molecule has 1 aliphatic carbocycles. The molecule has 6 aromatic rings. The third-order valence-electron chi connectivity index (χ3n) is 10.6. The van der Waals surface area contributed by atoms with Crippen LogP contribution in [0.3, 0.4) is 0 Å². The summed E-state index contributed by atoms with van der Waals surface area (Å²) in [6.07, 6.45) is 4.64. The number of benzene rings is 3. The highest BCUT2D eigenvalue weighted by atomic mass is 16.5. The molecule has 1 aliphatic heterocycles. The van der Waals surface area contributed by atoms with E-state index >= 15 is 0 Å². The van der Waals surface area contributed by atoms with E-state index in [9.17, 15) is 0 Å². The normalized spacial score (nSPS) is 20.6. The zero-order chi connectivity index (χ0) is 32.2. The van der Waals surface area contributed by atoms with E-state index in [4.69, 9.17) is 19.7 Å². The minimum Gasteiger partial charge on any atom is -0.468 e. The van der Waals surface area contributed by atoms with Gasteiger partial charge >= 0.3 is 0 Å². The molecule has 0 N–H and O–H groups in total. The second kappa shape index (κ2) is 9.62. The van der Waals surface area contributed by atoms with Crippen LogP contribution >= 0.6 is 0 Å². The third kappa shape index (κ3) is 4.10. The zero-order valence-corrected chi connectivity index (χ0v) is 28.0. The van der Waals surface area contributed by atoms with Crippen LogP contribution in [0.4, 0.5) is 0 Å². The molecule has 2 aliphatic rings. The topological polar surface area (TPSA) is 52.3 Å². The monoisotopic (exact) mass is 604 g/mol. The minimum absolute atomic E-state index is 0.0378. The van der Waals surface area contributed by atoms with Crippen LogP contribution in [0.1, 0.15) is 73.6 Å². The summed E-state index contributed by atoms with van der Waals surface area (Å²) in [5, 5.41) is 2.39. The Morgan fingerprint density at radius 3 is 2.37 bits per heavy atom. The van der Waals surface area contributed by atoms with Crippen molar-refractivity contribution in [1.82, 2.24) is 14.5 Å². The predicted molar refractivity (Wildman–Crippen MR) is 188 cm³/mol. The Hall–Kier alpha value is -4.77. The van der Waals surface area contributed by atoms with Gasteiger partial charge in [0.15, 0.2) is 0 Å². The third-order valence-corrected chi connectivity index (χ3v) is 10.6. The number of hydrogen-bond donors (Lipinski definition) is 0. The van der Waals surface area contributed by atoms with Gasteiger partial charge in [0.25, 0.3) is 0 Å². The minimum atomic E-state index is -0.451. The molecule has 0 spiro atoms. The SMILES string of the molecule is Cc1ccc2c(c1)c1ccc(-c3cc(C(C)(C)C)ccn3)cc1n2-c1cc(C2=N[C@]3(C)c4ccc(C)c(C)c4C[C@]3(C)O2)ccn1. The highest BCUT2D eigenvalue weighted by molar-refractivity contribution is 6.10. The van der Waals surface area contributed by atoms with Gasteiger partial charge in [0, 0.05) is 40.7 Å². The highest BCUT2D eigenvalue weighted by Gasteiger charge is 2.59. The van der Waals surface area contributed by atoms with Gasteiger partial charge in [-0.25, -0.2) is 9.98 Å². The number of aliphatic imine (C=N–C) groups is 1. The van der Waals surface area contributed by atoms with Crippen molar-refractivity contribution in [3.63, 3.8) is 0 Å². The molecule has 0 saturated heterocycles. The van der Waals surface area contributed by atoms with E-state index < -0.39 is 11.1 Å². The summed E-state index contributed by atoms with van der Waals surface area (Å²) in [4.78, 5) is 15.0. The summed E-state index contributed by atoms with van der Waals surface area (Å²) in [7, 11) is 0. The van der Waals surface area contributed by atoms with Crippen LogP contribution in [-0.4, -0.2) is 26.0 Å². The van der Waals surface area contributed by atoms with E-state index in [1.54, 1.807) is 0 Å². The second-order valence-electron chi connectivity index (χ2n) is 14.7. The van der Waals surface area contributed by atoms with Crippen molar-refractivity contribution in [2.45, 2.75) is 78.4 Å². The molecular weight excluding hydrogens is 564 g/mol. The fourth-order valence-corrected chi connectivity index (χ4v) is 7.50. The molecule has 0 radical (unpaired) electrons. The number of rotatable bonds is 3. The first-order valence-corrected chi connectivity index (χ1v) is 16.2. The van der Waals surface area contributed by atoms with Crippen LogP contribution in [0.15, 0.2) is 90.2 Å². The van der Waals surface area contributed by atoms with E-state index in [0.29, 0.717) is 5.90 Å². The summed E-state index contributed by atoms with van der Waals surface area (Å²) >= 11 is 0. The number of hydrogen-bond acceptors (Lipinski definition) is 4. The standard InChI is InChI=1S/C41H40N4O/c1-24-9-14-35-31(19-24)30-12-11-27(34-22-29(16-18-42-34)39(4,5)6)20-36(30)45(35)37-21-28(15-17-43-37)38-44-41(8)33-13-10-25(2)26(3)32(33)23-40(41,7)46-38/h9-22H,23H2,1-8H3/t40-,41+/m0/s1. The molecule has 5 heteroatoms. The van der Waals surface area contributed by atoms with Gasteiger partial charge < -0.3 is 4.74 Å². The molecule has 0 fully saturated rings. The average molecular weight is 605 g/mol. The lowest BCUT2D eigenvalue weighted by atomic mass is 9.84. The Morgan fingerprint density at radius 2 is 1.57 bits per heavy atom. The number of fused-ring (bicyclic) bond motifs is 6. The lowest BCUT2D eigenvalue weighted by Gasteiger charge is -2.31. The van der Waals surface area contributed by atoms with Gasteiger partial charge in [0.05, 0.1) is 16.7 Å². The molecular formula is C41H40N4O. The molecule has 2 atom stereocenters. The summed E-state index contributed by atoms with van der Waals surface area (Å²) in [6.45, 7) is 17.7. The quantitative estimate of drug-likeness (QED) is 0.202. The van der Waals surface area contributed by atoms with Crippen LogP contribution < -0.4 is 0 Å². The van der Waals surface area contributed by atoms with Crippen molar-refractivity contribution < 1.29 is 4.74 Å². The van der Waals surface area contributed by atoms with E-state index in [0.717, 1.165) is 40.1 Å². The smallest absolute Gasteiger partial charge is 0.217 e. The lowest BCUT2D eigenvalue weighted by molar-refractivity contribution is 0.0475. The van der Waals surface area contributed by atoms with Crippen molar-refractivity contribution in [2.75, 3.05) is 0 Å². The van der Waals surface area contributed by atoms with Crippen LogP contribution in [0.2, 0.25) is 0 Å². The number of aryl methyl sites for hydroxylation is 2. The Morgan fingerprint density at radius 1 is 0.761 bits per heavy atom. The van der Waals surface area contributed by atoms with Gasteiger partial charge in [0.2, 0.25) is 5.90 Å². The Kier molecular flexibility index (Phi) is 6.00. The van der Waals surface area contributed by atoms with Crippen LogP contribution in [0, 0.1) is 20.8 Å². The first kappa shape index (κ1) is 28.7. The number of aromatic nitrogens is 3. The molecule has 3 aromatic heterocycles. The van der Waals surface area contributed by atoms with Gasteiger partial charge in [-0.15, -0.1) is 0 Å². The Balaban J connectivity index is 1.28. The predicted octanol–water partition coefficient (Wildman–Crippen LogP) is 9.47. The zero-order valence-electron chi connectivity index (χ0n) is 28.0. The molecule has 46 heavy (non-hydrogen) atoms. The van der Waals surface area contributed by atoms with Gasteiger partial charge in [0.1, 0.15) is 17.0 Å². The van der Waals surface area contributed by atoms with Gasteiger partial charge in [-0.05, 0) is 110 Å². The maximum Gasteiger partial charge on any atom is 0.217 e. The average Bonchev–Trinajstić information content (AvgIpc) is 3.57. The molecule has 0 saturated carbocycles. The number of pyridine rings is 2. The molecule has 3 aromatic carbocycles. The lowest BCUT2D eigenvalue weighted by Crippen LogP contribution is -2.41.